The van der Waals surface area contributed by atoms with Crippen molar-refractivity contribution < 1.29 is 8.42 Å². The van der Waals surface area contributed by atoms with Crippen LogP contribution in [0.25, 0.3) is 0 Å². The molecule has 1 saturated heterocycles. The van der Waals surface area contributed by atoms with E-state index in [4.69, 9.17) is 17.3 Å². The van der Waals surface area contributed by atoms with Gasteiger partial charge < -0.3 is 5.73 Å². The first kappa shape index (κ1) is 14.8. The van der Waals surface area contributed by atoms with E-state index in [9.17, 15) is 8.42 Å². The zero-order chi connectivity index (χ0) is 14.0. The Hall–Kier alpha value is -0.620. The van der Waals surface area contributed by atoms with Gasteiger partial charge in [0.1, 0.15) is 4.90 Å². The van der Waals surface area contributed by atoms with E-state index in [0.29, 0.717) is 13.1 Å². The molecule has 0 spiro atoms. The molecule has 19 heavy (non-hydrogen) atoms. The summed E-state index contributed by atoms with van der Waals surface area (Å²) in [5.74, 6) is 0.214. The standard InChI is InChI=1S/C13H19ClN2O2S/c1-10(15)11-5-4-8-16(9-11)19(17,18)13-7-3-2-6-12(13)14/h2-3,6-7,10-11H,4-5,8-9,15H2,1H3/t10-,11-/m1/s1. The van der Waals surface area contributed by atoms with Gasteiger partial charge in [0.2, 0.25) is 10.0 Å². The van der Waals surface area contributed by atoms with Gasteiger partial charge in [0, 0.05) is 19.1 Å². The van der Waals surface area contributed by atoms with Crippen LogP contribution in [0, 0.1) is 5.92 Å². The molecule has 0 saturated carbocycles. The zero-order valence-corrected chi connectivity index (χ0v) is 12.5. The van der Waals surface area contributed by atoms with Crippen molar-refractivity contribution in [2.45, 2.75) is 30.7 Å². The van der Waals surface area contributed by atoms with Crippen LogP contribution in [-0.2, 0) is 10.0 Å². The lowest BCUT2D eigenvalue weighted by Crippen LogP contribution is -2.45. The van der Waals surface area contributed by atoms with Crippen molar-refractivity contribution in [3.63, 3.8) is 0 Å². The van der Waals surface area contributed by atoms with Gasteiger partial charge in [0.15, 0.2) is 0 Å². The molecule has 4 nitrogen and oxygen atoms in total. The third-order valence-electron chi connectivity index (χ3n) is 3.62. The Morgan fingerprint density at radius 1 is 1.42 bits per heavy atom. The second kappa shape index (κ2) is 5.79. The minimum atomic E-state index is -3.51. The van der Waals surface area contributed by atoms with Crippen molar-refractivity contribution in [2.75, 3.05) is 13.1 Å². The smallest absolute Gasteiger partial charge is 0.244 e. The molecule has 1 aliphatic rings. The molecule has 0 aliphatic carbocycles. The molecule has 1 heterocycles. The van der Waals surface area contributed by atoms with E-state index in [2.05, 4.69) is 0 Å². The molecule has 0 aromatic heterocycles. The van der Waals surface area contributed by atoms with Crippen LogP contribution in [0.5, 0.6) is 0 Å². The molecule has 1 aromatic carbocycles. The average molecular weight is 303 g/mol. The van der Waals surface area contributed by atoms with Crippen LogP contribution in [0.15, 0.2) is 29.2 Å². The lowest BCUT2D eigenvalue weighted by molar-refractivity contribution is 0.243. The first-order valence-corrected chi connectivity index (χ1v) is 8.25. The van der Waals surface area contributed by atoms with Crippen LogP contribution in [-0.4, -0.2) is 31.9 Å². The van der Waals surface area contributed by atoms with E-state index < -0.39 is 10.0 Å². The lowest BCUT2D eigenvalue weighted by Gasteiger charge is -2.33. The predicted molar refractivity (Wildman–Crippen MR) is 76.6 cm³/mol. The normalized spacial score (nSPS) is 23.2. The van der Waals surface area contributed by atoms with Crippen molar-refractivity contribution in [1.82, 2.24) is 4.31 Å². The fourth-order valence-electron chi connectivity index (χ4n) is 2.41. The maximum absolute atomic E-state index is 12.6. The third-order valence-corrected chi connectivity index (χ3v) is 5.98. The molecule has 0 bridgehead atoms. The molecule has 1 aromatic rings. The van der Waals surface area contributed by atoms with Gasteiger partial charge in [-0.3, -0.25) is 0 Å². The molecule has 1 fully saturated rings. The summed E-state index contributed by atoms with van der Waals surface area (Å²) in [6.07, 6.45) is 1.82. The first-order chi connectivity index (χ1) is 8.93. The number of sulfonamides is 1. The fourth-order valence-corrected chi connectivity index (χ4v) is 4.44. The van der Waals surface area contributed by atoms with Crippen molar-refractivity contribution in [3.8, 4) is 0 Å². The van der Waals surface area contributed by atoms with Crippen LogP contribution in [0.1, 0.15) is 19.8 Å². The zero-order valence-electron chi connectivity index (χ0n) is 10.9. The molecule has 2 rings (SSSR count). The fraction of sp³-hybridized carbons (Fsp3) is 0.538. The summed E-state index contributed by atoms with van der Waals surface area (Å²) in [5.41, 5.74) is 5.89. The number of nitrogens with two attached hydrogens (primary N) is 1. The number of piperidine rings is 1. The Balaban J connectivity index is 2.28. The Bertz CT molecular complexity index is 545. The second-order valence-electron chi connectivity index (χ2n) is 5.05. The van der Waals surface area contributed by atoms with Crippen molar-refractivity contribution in [2.24, 2.45) is 11.7 Å². The number of hydrogen-bond acceptors (Lipinski definition) is 3. The van der Waals surface area contributed by atoms with Gasteiger partial charge in [0.05, 0.1) is 5.02 Å². The summed E-state index contributed by atoms with van der Waals surface area (Å²) in [6.45, 7) is 2.94. The minimum absolute atomic E-state index is 0.00393. The van der Waals surface area contributed by atoms with Crippen molar-refractivity contribution in [1.29, 1.82) is 0 Å². The van der Waals surface area contributed by atoms with E-state index in [1.807, 2.05) is 6.92 Å². The Labute approximate surface area is 119 Å². The van der Waals surface area contributed by atoms with Gasteiger partial charge in [-0.05, 0) is 37.8 Å². The van der Waals surface area contributed by atoms with E-state index in [-0.39, 0.29) is 21.9 Å². The predicted octanol–water partition coefficient (Wildman–Crippen LogP) is 2.09. The molecule has 1 aliphatic heterocycles. The largest absolute Gasteiger partial charge is 0.328 e. The Morgan fingerprint density at radius 2 is 2.11 bits per heavy atom. The number of rotatable bonds is 3. The van der Waals surface area contributed by atoms with Crippen LogP contribution in [0.2, 0.25) is 5.02 Å². The maximum Gasteiger partial charge on any atom is 0.244 e. The topological polar surface area (TPSA) is 63.4 Å². The molecule has 2 N–H and O–H groups in total. The summed E-state index contributed by atoms with van der Waals surface area (Å²) >= 11 is 6.00. The van der Waals surface area contributed by atoms with Crippen LogP contribution >= 0.6 is 11.6 Å². The highest BCUT2D eigenvalue weighted by atomic mass is 35.5. The van der Waals surface area contributed by atoms with Gasteiger partial charge >= 0.3 is 0 Å². The van der Waals surface area contributed by atoms with E-state index in [0.717, 1.165) is 12.8 Å². The second-order valence-corrected chi connectivity index (χ2v) is 7.37. The molecule has 0 unspecified atom stereocenters. The van der Waals surface area contributed by atoms with Gasteiger partial charge in [-0.1, -0.05) is 23.7 Å². The minimum Gasteiger partial charge on any atom is -0.328 e. The summed E-state index contributed by atoms with van der Waals surface area (Å²) in [7, 11) is -3.51. The van der Waals surface area contributed by atoms with Crippen molar-refractivity contribution >= 4 is 21.6 Å². The highest BCUT2D eigenvalue weighted by Gasteiger charge is 2.32. The van der Waals surface area contributed by atoms with Crippen molar-refractivity contribution in [3.05, 3.63) is 29.3 Å². The van der Waals surface area contributed by atoms with Gasteiger partial charge in [-0.15, -0.1) is 0 Å². The van der Waals surface area contributed by atoms with E-state index >= 15 is 0 Å². The van der Waals surface area contributed by atoms with Crippen LogP contribution in [0.4, 0.5) is 0 Å². The molecular weight excluding hydrogens is 284 g/mol. The first-order valence-electron chi connectivity index (χ1n) is 6.43. The number of nitrogens with zero attached hydrogens (tertiary/aromatic N) is 1. The molecular formula is C13H19ClN2O2S. The Morgan fingerprint density at radius 3 is 2.74 bits per heavy atom. The average Bonchev–Trinajstić information content (AvgIpc) is 2.39. The van der Waals surface area contributed by atoms with Crippen LogP contribution in [0.3, 0.4) is 0 Å². The lowest BCUT2D eigenvalue weighted by atomic mass is 9.93. The van der Waals surface area contributed by atoms with E-state index in [1.165, 1.54) is 4.31 Å². The summed E-state index contributed by atoms with van der Waals surface area (Å²) in [6, 6.07) is 6.56. The van der Waals surface area contributed by atoms with Crippen LogP contribution < -0.4 is 5.73 Å². The van der Waals surface area contributed by atoms with Gasteiger partial charge in [-0.2, -0.15) is 4.31 Å². The Kier molecular flexibility index (Phi) is 4.50. The SMILES string of the molecule is C[C@@H](N)[C@@H]1CCCN(S(=O)(=O)c2ccccc2Cl)C1. The highest BCUT2D eigenvalue weighted by molar-refractivity contribution is 7.89. The third kappa shape index (κ3) is 3.11. The molecule has 0 amide bonds. The maximum atomic E-state index is 12.6. The molecule has 106 valence electrons. The summed E-state index contributed by atoms with van der Waals surface area (Å²) in [4.78, 5) is 0.182. The summed E-state index contributed by atoms with van der Waals surface area (Å²) in [5, 5.41) is 0.269. The number of benzene rings is 1. The van der Waals surface area contributed by atoms with Gasteiger partial charge in [0.25, 0.3) is 0 Å². The van der Waals surface area contributed by atoms with E-state index in [1.54, 1.807) is 24.3 Å². The molecule has 0 radical (unpaired) electrons. The molecule has 2 atom stereocenters. The quantitative estimate of drug-likeness (QED) is 0.930. The monoisotopic (exact) mass is 302 g/mol. The van der Waals surface area contributed by atoms with Gasteiger partial charge in [-0.25, -0.2) is 8.42 Å². The number of hydrogen-bond donors (Lipinski definition) is 1. The summed E-state index contributed by atoms with van der Waals surface area (Å²) < 4.78 is 26.7. The molecule has 6 heteroatoms. The highest BCUT2D eigenvalue weighted by Crippen LogP contribution is 2.28. The number of halogens is 1.